The molecule has 9 atom stereocenters. The minimum absolute atomic E-state index is 0. The minimum Gasteiger partial charge on any atom is -0.0776 e. The lowest BCUT2D eigenvalue weighted by molar-refractivity contribution is 0.162. The molecule has 3 aliphatic carbocycles. The second kappa shape index (κ2) is 15.9. The summed E-state index contributed by atoms with van der Waals surface area (Å²) < 4.78 is 0. The van der Waals surface area contributed by atoms with E-state index in [1.54, 1.807) is 0 Å². The van der Waals surface area contributed by atoms with Gasteiger partial charge in [-0.3, -0.25) is 0 Å². The van der Waals surface area contributed by atoms with Crippen LogP contribution >= 0.6 is 0 Å². The first-order valence-corrected chi connectivity index (χ1v) is 16.8. The smallest absolute Gasteiger partial charge is 0.0337 e. The van der Waals surface area contributed by atoms with Crippen LogP contribution in [0, 0.1) is 81.8 Å². The van der Waals surface area contributed by atoms with E-state index < -0.39 is 0 Å². The van der Waals surface area contributed by atoms with Crippen molar-refractivity contribution in [1.29, 1.82) is 0 Å². The van der Waals surface area contributed by atoms with E-state index in [-0.39, 0.29) is 7.43 Å². The standard InChI is InChI=1S/2C13H26.C11H22.CH4/c1-9(2)12-8-11(7-10(12)3)13(4,5)6;1-9(2)11-7-8-12(10(11)3)13(4,5)6;1-5-10-7-6-9(4)11(10)8(2)3;/h2*9-12H,7-8H2,1-6H3;8-11H,5-7H2,1-4H3;1H4. The summed E-state index contributed by atoms with van der Waals surface area (Å²) in [5, 5.41) is 0. The SMILES string of the molecule is C.CC(C)C1CC(C(C)(C)C)CC1C.CC(C)C1CCC(C(C)(C)C)C1C.CCC1CCC(C)C1C(C)C. The van der Waals surface area contributed by atoms with Gasteiger partial charge in [-0.25, -0.2) is 0 Å². The first-order valence-electron chi connectivity index (χ1n) is 16.8. The third-order valence-corrected chi connectivity index (χ3v) is 11.6. The van der Waals surface area contributed by atoms with Crippen molar-refractivity contribution in [3.8, 4) is 0 Å². The van der Waals surface area contributed by atoms with Crippen LogP contribution in [0.4, 0.5) is 0 Å². The van der Waals surface area contributed by atoms with Gasteiger partial charge in [-0.1, -0.05) is 131 Å². The molecule has 3 fully saturated rings. The zero-order chi connectivity index (χ0) is 28.9. The van der Waals surface area contributed by atoms with E-state index in [4.69, 9.17) is 0 Å². The lowest BCUT2D eigenvalue weighted by atomic mass is 9.72. The maximum atomic E-state index is 2.47. The molecule has 0 aromatic heterocycles. The summed E-state index contributed by atoms with van der Waals surface area (Å²) in [4.78, 5) is 0. The molecule has 3 saturated carbocycles. The van der Waals surface area contributed by atoms with Crippen molar-refractivity contribution in [3.63, 3.8) is 0 Å². The molecule has 230 valence electrons. The predicted octanol–water partition coefficient (Wildman–Crippen LogP) is 13.1. The highest BCUT2D eigenvalue weighted by atomic mass is 14.5. The highest BCUT2D eigenvalue weighted by Gasteiger charge is 2.40. The van der Waals surface area contributed by atoms with Gasteiger partial charge in [-0.05, 0) is 114 Å². The van der Waals surface area contributed by atoms with Gasteiger partial charge in [0.15, 0.2) is 0 Å². The van der Waals surface area contributed by atoms with Gasteiger partial charge in [0.25, 0.3) is 0 Å². The normalized spacial score (nSPS) is 35.6. The Labute approximate surface area is 244 Å². The van der Waals surface area contributed by atoms with E-state index in [1.807, 2.05) is 0 Å². The number of rotatable bonds is 4. The van der Waals surface area contributed by atoms with Crippen molar-refractivity contribution in [1.82, 2.24) is 0 Å². The van der Waals surface area contributed by atoms with Gasteiger partial charge in [0.05, 0.1) is 0 Å². The van der Waals surface area contributed by atoms with Crippen LogP contribution in [0.1, 0.15) is 163 Å². The van der Waals surface area contributed by atoms with E-state index >= 15 is 0 Å². The van der Waals surface area contributed by atoms with E-state index in [0.717, 1.165) is 71.0 Å². The van der Waals surface area contributed by atoms with E-state index in [0.29, 0.717) is 10.8 Å². The highest BCUT2D eigenvalue weighted by Crippen LogP contribution is 2.49. The molecule has 0 aromatic rings. The lowest BCUT2D eigenvalue weighted by Crippen LogP contribution is -2.26. The van der Waals surface area contributed by atoms with Crippen molar-refractivity contribution >= 4 is 0 Å². The molecule has 0 nitrogen and oxygen atoms in total. The summed E-state index contributed by atoms with van der Waals surface area (Å²) in [7, 11) is 0. The fraction of sp³-hybridized carbons (Fsp3) is 1.00. The summed E-state index contributed by atoms with van der Waals surface area (Å²) >= 11 is 0. The number of hydrogen-bond acceptors (Lipinski definition) is 0. The Morgan fingerprint density at radius 2 is 1.13 bits per heavy atom. The summed E-state index contributed by atoms with van der Waals surface area (Å²) in [6.45, 7) is 38.4. The Kier molecular flexibility index (Phi) is 15.9. The molecular formula is C38H78. The summed E-state index contributed by atoms with van der Waals surface area (Å²) in [5.74, 6) is 11.4. The molecule has 0 amide bonds. The van der Waals surface area contributed by atoms with Crippen molar-refractivity contribution in [3.05, 3.63) is 0 Å². The molecular weight excluding hydrogens is 456 g/mol. The monoisotopic (exact) mass is 535 g/mol. The molecule has 38 heavy (non-hydrogen) atoms. The summed E-state index contributed by atoms with van der Waals surface area (Å²) in [6, 6.07) is 0. The Morgan fingerprint density at radius 3 is 1.39 bits per heavy atom. The van der Waals surface area contributed by atoms with Gasteiger partial charge in [-0.15, -0.1) is 0 Å². The largest absolute Gasteiger partial charge is 0.0776 e. The predicted molar refractivity (Wildman–Crippen MR) is 177 cm³/mol. The van der Waals surface area contributed by atoms with Crippen LogP contribution in [0.25, 0.3) is 0 Å². The van der Waals surface area contributed by atoms with Crippen LogP contribution < -0.4 is 0 Å². The van der Waals surface area contributed by atoms with Gasteiger partial charge in [0.2, 0.25) is 0 Å². The fourth-order valence-electron chi connectivity index (χ4n) is 9.28. The Morgan fingerprint density at radius 1 is 0.605 bits per heavy atom. The Balaban J connectivity index is 0.000000536. The second-order valence-electron chi connectivity index (χ2n) is 17.3. The van der Waals surface area contributed by atoms with Gasteiger partial charge < -0.3 is 0 Å². The molecule has 0 saturated heterocycles. The van der Waals surface area contributed by atoms with Crippen LogP contribution in [0.5, 0.6) is 0 Å². The zero-order valence-corrected chi connectivity index (χ0v) is 28.9. The average molecular weight is 535 g/mol. The summed E-state index contributed by atoms with van der Waals surface area (Å²) in [5.41, 5.74) is 1.04. The van der Waals surface area contributed by atoms with E-state index in [1.165, 1.54) is 44.9 Å². The first kappa shape index (κ1) is 38.0. The highest BCUT2D eigenvalue weighted by molar-refractivity contribution is 4.90. The number of hydrogen-bond donors (Lipinski definition) is 0. The second-order valence-corrected chi connectivity index (χ2v) is 17.3. The van der Waals surface area contributed by atoms with Crippen molar-refractivity contribution in [2.45, 2.75) is 163 Å². The molecule has 0 aromatic carbocycles. The maximum Gasteiger partial charge on any atom is -0.0337 e. The molecule has 0 heteroatoms. The molecule has 0 radical (unpaired) electrons. The third-order valence-electron chi connectivity index (χ3n) is 11.6. The zero-order valence-electron chi connectivity index (χ0n) is 28.9. The van der Waals surface area contributed by atoms with E-state index in [9.17, 15) is 0 Å². The van der Waals surface area contributed by atoms with Gasteiger partial charge >= 0.3 is 0 Å². The molecule has 0 aliphatic heterocycles. The summed E-state index contributed by atoms with van der Waals surface area (Å²) in [6.07, 6.45) is 10.2. The van der Waals surface area contributed by atoms with Crippen LogP contribution in [0.15, 0.2) is 0 Å². The van der Waals surface area contributed by atoms with Crippen molar-refractivity contribution in [2.75, 3.05) is 0 Å². The van der Waals surface area contributed by atoms with Crippen LogP contribution in [-0.2, 0) is 0 Å². The quantitative estimate of drug-likeness (QED) is 0.336. The van der Waals surface area contributed by atoms with Gasteiger partial charge in [0, 0.05) is 0 Å². The molecule has 0 spiro atoms. The molecule has 0 N–H and O–H groups in total. The Hall–Kier alpha value is 0. The topological polar surface area (TPSA) is 0 Å². The average Bonchev–Trinajstić information content (AvgIpc) is 3.44. The first-order chi connectivity index (χ1) is 16.8. The van der Waals surface area contributed by atoms with Crippen molar-refractivity contribution < 1.29 is 0 Å². The molecule has 3 rings (SSSR count). The van der Waals surface area contributed by atoms with Crippen LogP contribution in [-0.4, -0.2) is 0 Å². The minimum atomic E-state index is 0. The molecule has 0 heterocycles. The van der Waals surface area contributed by atoms with Gasteiger partial charge in [0.1, 0.15) is 0 Å². The fourth-order valence-corrected chi connectivity index (χ4v) is 9.28. The maximum absolute atomic E-state index is 2.47. The lowest BCUT2D eigenvalue weighted by Gasteiger charge is -2.33. The van der Waals surface area contributed by atoms with Crippen LogP contribution in [0.2, 0.25) is 0 Å². The van der Waals surface area contributed by atoms with Crippen molar-refractivity contribution in [2.24, 2.45) is 81.8 Å². The van der Waals surface area contributed by atoms with Gasteiger partial charge in [-0.2, -0.15) is 0 Å². The Bertz CT molecular complexity index is 605. The molecule has 3 aliphatic rings. The molecule has 9 unspecified atom stereocenters. The third kappa shape index (κ3) is 10.8. The van der Waals surface area contributed by atoms with E-state index in [2.05, 4.69) is 111 Å². The molecule has 0 bridgehead atoms. The van der Waals surface area contributed by atoms with Crippen LogP contribution in [0.3, 0.4) is 0 Å².